The molecule has 1 aliphatic rings. The van der Waals surface area contributed by atoms with Gasteiger partial charge in [-0.15, -0.1) is 0 Å². The Morgan fingerprint density at radius 2 is 2.11 bits per heavy atom. The van der Waals surface area contributed by atoms with Crippen LogP contribution in [-0.4, -0.2) is 24.5 Å². The summed E-state index contributed by atoms with van der Waals surface area (Å²) in [6.07, 6.45) is 4.61. The molecule has 104 valence electrons. The molecule has 0 saturated heterocycles. The number of furan rings is 1. The van der Waals surface area contributed by atoms with Crippen molar-refractivity contribution in [3.05, 3.63) is 24.2 Å². The van der Waals surface area contributed by atoms with Gasteiger partial charge in [-0.1, -0.05) is 0 Å². The first kappa shape index (κ1) is 13.6. The highest BCUT2D eigenvalue weighted by atomic mass is 16.5. The van der Waals surface area contributed by atoms with Crippen molar-refractivity contribution in [2.75, 3.05) is 6.61 Å². The average molecular weight is 265 g/mol. The zero-order chi connectivity index (χ0) is 13.7. The molecule has 1 fully saturated rings. The van der Waals surface area contributed by atoms with Gasteiger partial charge < -0.3 is 14.5 Å². The van der Waals surface area contributed by atoms with Crippen molar-refractivity contribution in [3.8, 4) is 0 Å². The number of hydrogen-bond acceptors (Lipinski definition) is 4. The number of esters is 1. The summed E-state index contributed by atoms with van der Waals surface area (Å²) in [7, 11) is 0. The third kappa shape index (κ3) is 3.59. The van der Waals surface area contributed by atoms with Crippen LogP contribution in [0.3, 0.4) is 0 Å². The fraction of sp³-hybridized carbons (Fsp3) is 0.571. The van der Waals surface area contributed by atoms with Crippen LogP contribution in [0, 0.1) is 5.92 Å². The van der Waals surface area contributed by atoms with Crippen LogP contribution in [0.15, 0.2) is 22.8 Å². The average Bonchev–Trinajstić information content (AvgIpc) is 2.94. The summed E-state index contributed by atoms with van der Waals surface area (Å²) >= 11 is 0. The molecule has 1 aromatic heterocycles. The van der Waals surface area contributed by atoms with Crippen molar-refractivity contribution in [2.45, 2.75) is 38.6 Å². The summed E-state index contributed by atoms with van der Waals surface area (Å²) in [5.41, 5.74) is 0. The van der Waals surface area contributed by atoms with Crippen LogP contribution in [0.25, 0.3) is 0 Å². The van der Waals surface area contributed by atoms with Crippen molar-refractivity contribution in [1.29, 1.82) is 0 Å². The third-order valence-electron chi connectivity index (χ3n) is 3.43. The number of carbonyl (C=O) groups excluding carboxylic acids is 2. The van der Waals surface area contributed by atoms with Gasteiger partial charge in [0.1, 0.15) is 0 Å². The normalized spacial score (nSPS) is 22.8. The lowest BCUT2D eigenvalue weighted by Gasteiger charge is -2.27. The van der Waals surface area contributed by atoms with Gasteiger partial charge in [0, 0.05) is 6.04 Å². The van der Waals surface area contributed by atoms with Crippen LogP contribution in [0.2, 0.25) is 0 Å². The number of rotatable bonds is 4. The Labute approximate surface area is 112 Å². The van der Waals surface area contributed by atoms with Crippen molar-refractivity contribution in [3.63, 3.8) is 0 Å². The summed E-state index contributed by atoms with van der Waals surface area (Å²) < 4.78 is 10.1. The van der Waals surface area contributed by atoms with E-state index in [9.17, 15) is 9.59 Å². The molecule has 5 heteroatoms. The first-order valence-corrected chi connectivity index (χ1v) is 6.71. The molecule has 0 aromatic carbocycles. The second-order valence-electron chi connectivity index (χ2n) is 4.75. The van der Waals surface area contributed by atoms with Gasteiger partial charge in [0.25, 0.3) is 5.91 Å². The van der Waals surface area contributed by atoms with Crippen LogP contribution in [0.1, 0.15) is 43.2 Å². The molecule has 0 atom stereocenters. The molecule has 0 spiro atoms. The van der Waals surface area contributed by atoms with Crippen LogP contribution in [0.5, 0.6) is 0 Å². The third-order valence-corrected chi connectivity index (χ3v) is 3.43. The van der Waals surface area contributed by atoms with Crippen LogP contribution >= 0.6 is 0 Å². The highest BCUT2D eigenvalue weighted by molar-refractivity contribution is 5.91. The number of nitrogens with one attached hydrogen (secondary N) is 1. The topological polar surface area (TPSA) is 68.5 Å². The fourth-order valence-electron chi connectivity index (χ4n) is 2.40. The van der Waals surface area contributed by atoms with E-state index in [-0.39, 0.29) is 23.8 Å². The SMILES string of the molecule is CCOC(=O)C1CCC(NC(=O)c2ccco2)CC1. The number of amides is 1. The Morgan fingerprint density at radius 1 is 1.37 bits per heavy atom. The summed E-state index contributed by atoms with van der Waals surface area (Å²) in [4.78, 5) is 23.4. The lowest BCUT2D eigenvalue weighted by atomic mass is 9.86. The van der Waals surface area contributed by atoms with Gasteiger partial charge in [-0.25, -0.2) is 0 Å². The van der Waals surface area contributed by atoms with E-state index in [0.29, 0.717) is 12.4 Å². The van der Waals surface area contributed by atoms with Gasteiger partial charge >= 0.3 is 5.97 Å². The number of carbonyl (C=O) groups is 2. The Hall–Kier alpha value is -1.78. The largest absolute Gasteiger partial charge is 0.466 e. The maximum absolute atomic E-state index is 11.8. The van der Waals surface area contributed by atoms with E-state index in [0.717, 1.165) is 25.7 Å². The standard InChI is InChI=1S/C14H19NO4/c1-2-18-14(17)10-5-7-11(8-6-10)15-13(16)12-4-3-9-19-12/h3-4,9-11H,2,5-8H2,1H3,(H,15,16). The Morgan fingerprint density at radius 3 is 2.68 bits per heavy atom. The molecule has 0 bridgehead atoms. The molecule has 1 aliphatic carbocycles. The maximum atomic E-state index is 11.8. The smallest absolute Gasteiger partial charge is 0.308 e. The zero-order valence-corrected chi connectivity index (χ0v) is 11.1. The predicted octanol–water partition coefficient (Wildman–Crippen LogP) is 2.13. The summed E-state index contributed by atoms with van der Waals surface area (Å²) in [6, 6.07) is 3.44. The van der Waals surface area contributed by atoms with E-state index in [2.05, 4.69) is 5.32 Å². The van der Waals surface area contributed by atoms with E-state index in [1.54, 1.807) is 12.1 Å². The Bertz CT molecular complexity index is 419. The zero-order valence-electron chi connectivity index (χ0n) is 11.1. The summed E-state index contributed by atoms with van der Waals surface area (Å²) in [5.74, 6) is 0.00660. The molecule has 1 heterocycles. The lowest BCUT2D eigenvalue weighted by molar-refractivity contribution is -0.149. The molecule has 0 aliphatic heterocycles. The minimum atomic E-state index is -0.190. The van der Waals surface area contributed by atoms with Crippen LogP contribution in [0.4, 0.5) is 0 Å². The summed E-state index contributed by atoms with van der Waals surface area (Å²) in [5, 5.41) is 2.93. The lowest BCUT2D eigenvalue weighted by Crippen LogP contribution is -2.38. The van der Waals surface area contributed by atoms with Gasteiger partial charge in [-0.2, -0.15) is 0 Å². The highest BCUT2D eigenvalue weighted by Gasteiger charge is 2.28. The molecule has 1 aromatic rings. The van der Waals surface area contributed by atoms with Gasteiger partial charge in [0.2, 0.25) is 0 Å². The van der Waals surface area contributed by atoms with E-state index < -0.39 is 0 Å². The second kappa shape index (κ2) is 6.41. The molecule has 19 heavy (non-hydrogen) atoms. The van der Waals surface area contributed by atoms with Crippen molar-refractivity contribution in [2.24, 2.45) is 5.92 Å². The van der Waals surface area contributed by atoms with E-state index in [1.165, 1.54) is 6.26 Å². The van der Waals surface area contributed by atoms with Crippen molar-refractivity contribution in [1.82, 2.24) is 5.32 Å². The second-order valence-corrected chi connectivity index (χ2v) is 4.75. The number of hydrogen-bond donors (Lipinski definition) is 1. The van der Waals surface area contributed by atoms with E-state index in [4.69, 9.17) is 9.15 Å². The maximum Gasteiger partial charge on any atom is 0.308 e. The van der Waals surface area contributed by atoms with Gasteiger partial charge in [-0.3, -0.25) is 9.59 Å². The molecule has 1 saturated carbocycles. The Kier molecular flexibility index (Phi) is 4.60. The molecule has 0 unspecified atom stereocenters. The van der Waals surface area contributed by atoms with Crippen LogP contribution < -0.4 is 5.32 Å². The van der Waals surface area contributed by atoms with Crippen molar-refractivity contribution < 1.29 is 18.7 Å². The minimum absolute atomic E-state index is 0.0169. The van der Waals surface area contributed by atoms with E-state index >= 15 is 0 Å². The molecule has 2 rings (SSSR count). The Balaban J connectivity index is 1.77. The minimum Gasteiger partial charge on any atom is -0.466 e. The highest BCUT2D eigenvalue weighted by Crippen LogP contribution is 2.25. The van der Waals surface area contributed by atoms with Gasteiger partial charge in [-0.05, 0) is 44.7 Å². The van der Waals surface area contributed by atoms with E-state index in [1.807, 2.05) is 6.92 Å². The summed E-state index contributed by atoms with van der Waals surface area (Å²) in [6.45, 7) is 2.24. The fourth-order valence-corrected chi connectivity index (χ4v) is 2.40. The molecular weight excluding hydrogens is 246 g/mol. The van der Waals surface area contributed by atoms with Gasteiger partial charge in [0.15, 0.2) is 5.76 Å². The van der Waals surface area contributed by atoms with Crippen molar-refractivity contribution >= 4 is 11.9 Å². The molecule has 5 nitrogen and oxygen atoms in total. The number of ether oxygens (including phenoxy) is 1. The first-order chi connectivity index (χ1) is 9.20. The first-order valence-electron chi connectivity index (χ1n) is 6.71. The monoisotopic (exact) mass is 265 g/mol. The predicted molar refractivity (Wildman–Crippen MR) is 68.6 cm³/mol. The van der Waals surface area contributed by atoms with Crippen LogP contribution in [-0.2, 0) is 9.53 Å². The molecule has 0 radical (unpaired) electrons. The quantitative estimate of drug-likeness (QED) is 0.847. The van der Waals surface area contributed by atoms with Gasteiger partial charge in [0.05, 0.1) is 18.8 Å². The molecule has 1 amide bonds. The molecular formula is C14H19NO4. The molecule has 1 N–H and O–H groups in total.